The van der Waals surface area contributed by atoms with Gasteiger partial charge in [0.1, 0.15) is 0 Å². The molecular weight excluding hydrogens is 246 g/mol. The Kier molecular flexibility index (Phi) is 7.73. The van der Waals surface area contributed by atoms with Crippen molar-refractivity contribution in [3.05, 3.63) is 0 Å². The van der Waals surface area contributed by atoms with Crippen molar-refractivity contribution in [2.75, 3.05) is 45.9 Å². The molecule has 0 aromatic heterocycles. The molecule has 1 heterocycles. The van der Waals surface area contributed by atoms with Gasteiger partial charge in [-0.05, 0) is 19.4 Å². The Bertz CT molecular complexity index is 265. The molecule has 112 valence electrons. The molecule has 0 radical (unpaired) electrons. The van der Waals surface area contributed by atoms with Crippen LogP contribution in [0.3, 0.4) is 0 Å². The van der Waals surface area contributed by atoms with Gasteiger partial charge in [-0.2, -0.15) is 0 Å². The molecule has 1 rings (SSSR count). The van der Waals surface area contributed by atoms with E-state index < -0.39 is 0 Å². The average molecular weight is 273 g/mol. The van der Waals surface area contributed by atoms with E-state index in [4.69, 9.17) is 16.3 Å². The van der Waals surface area contributed by atoms with Crippen molar-refractivity contribution < 1.29 is 9.53 Å². The molecule has 1 atom stereocenters. The van der Waals surface area contributed by atoms with Gasteiger partial charge in [0.15, 0.2) is 0 Å². The Morgan fingerprint density at radius 3 is 2.95 bits per heavy atom. The molecule has 7 nitrogen and oxygen atoms in total. The highest BCUT2D eigenvalue weighted by atomic mass is 16.5. The second-order valence-corrected chi connectivity index (χ2v) is 4.89. The summed E-state index contributed by atoms with van der Waals surface area (Å²) in [7, 11) is 0. The monoisotopic (exact) mass is 273 g/mol. The molecule has 1 saturated heterocycles. The van der Waals surface area contributed by atoms with Crippen LogP contribution in [0.25, 0.3) is 0 Å². The summed E-state index contributed by atoms with van der Waals surface area (Å²) in [6.07, 6.45) is 1.91. The molecule has 2 amide bonds. The molecule has 0 saturated carbocycles. The zero-order valence-corrected chi connectivity index (χ0v) is 11.8. The summed E-state index contributed by atoms with van der Waals surface area (Å²) in [6, 6.07) is 0.0596. The second-order valence-electron chi connectivity index (χ2n) is 4.89. The first-order chi connectivity index (χ1) is 9.13. The molecule has 0 aliphatic carbocycles. The van der Waals surface area contributed by atoms with E-state index in [2.05, 4.69) is 10.2 Å². The predicted molar refractivity (Wildman–Crippen MR) is 74.4 cm³/mol. The minimum Gasteiger partial charge on any atom is -0.378 e. The molecule has 19 heavy (non-hydrogen) atoms. The number of carbonyl (C=O) groups is 1. The van der Waals surface area contributed by atoms with Gasteiger partial charge >= 0.3 is 6.03 Å². The molecule has 0 aromatic carbocycles. The number of hydrogen-bond acceptors (Lipinski definition) is 5. The van der Waals surface area contributed by atoms with Crippen LogP contribution in [0.2, 0.25) is 0 Å². The number of urea groups is 1. The van der Waals surface area contributed by atoms with Crippen molar-refractivity contribution >= 4 is 6.03 Å². The van der Waals surface area contributed by atoms with Gasteiger partial charge in [-0.15, -0.1) is 0 Å². The molecule has 1 fully saturated rings. The molecule has 7 heteroatoms. The van der Waals surface area contributed by atoms with Crippen LogP contribution in [0.5, 0.6) is 0 Å². The molecular formula is C12H27N5O2. The van der Waals surface area contributed by atoms with Gasteiger partial charge in [0.2, 0.25) is 0 Å². The first kappa shape index (κ1) is 16.2. The van der Waals surface area contributed by atoms with Crippen LogP contribution in [0, 0.1) is 0 Å². The summed E-state index contributed by atoms with van der Waals surface area (Å²) in [4.78, 5) is 13.7. The van der Waals surface area contributed by atoms with E-state index in [1.165, 1.54) is 5.01 Å². The molecule has 5 N–H and O–H groups in total. The third-order valence-corrected chi connectivity index (χ3v) is 3.11. The lowest BCUT2D eigenvalue weighted by molar-refractivity contribution is 0.111. The smallest absolute Gasteiger partial charge is 0.331 e. The molecule has 0 spiro atoms. The topological polar surface area (TPSA) is 96.8 Å². The molecule has 0 aromatic rings. The van der Waals surface area contributed by atoms with Crippen LogP contribution in [0.1, 0.15) is 19.8 Å². The van der Waals surface area contributed by atoms with Crippen molar-refractivity contribution in [3.63, 3.8) is 0 Å². The third-order valence-electron chi connectivity index (χ3n) is 3.11. The molecule has 0 unspecified atom stereocenters. The highest BCUT2D eigenvalue weighted by Crippen LogP contribution is 2.05. The van der Waals surface area contributed by atoms with E-state index in [9.17, 15) is 4.79 Å². The minimum absolute atomic E-state index is 0.254. The van der Waals surface area contributed by atoms with Gasteiger partial charge in [-0.1, -0.05) is 6.92 Å². The second kappa shape index (κ2) is 9.08. The first-order valence-corrected chi connectivity index (χ1v) is 6.99. The lowest BCUT2D eigenvalue weighted by Gasteiger charge is -2.17. The van der Waals surface area contributed by atoms with E-state index in [0.717, 1.165) is 32.5 Å². The van der Waals surface area contributed by atoms with E-state index in [1.54, 1.807) is 0 Å². The van der Waals surface area contributed by atoms with Crippen LogP contribution >= 0.6 is 0 Å². The molecule has 1 aliphatic heterocycles. The average Bonchev–Trinajstić information content (AvgIpc) is 2.79. The summed E-state index contributed by atoms with van der Waals surface area (Å²) in [5.74, 6) is 5.53. The van der Waals surface area contributed by atoms with Gasteiger partial charge in [0.25, 0.3) is 0 Å². The maximum atomic E-state index is 11.4. The van der Waals surface area contributed by atoms with Gasteiger partial charge in [-0.3, -0.25) is 9.91 Å². The Morgan fingerprint density at radius 1 is 1.53 bits per heavy atom. The van der Waals surface area contributed by atoms with Crippen LogP contribution in [0.4, 0.5) is 4.79 Å². The predicted octanol–water partition coefficient (Wildman–Crippen LogP) is -0.669. The number of nitrogens with zero attached hydrogens (tertiary/aromatic N) is 2. The summed E-state index contributed by atoms with van der Waals surface area (Å²) in [5, 5.41) is 3.89. The Labute approximate surface area is 115 Å². The van der Waals surface area contributed by atoms with Gasteiger partial charge in [0.05, 0.1) is 13.2 Å². The lowest BCUT2D eigenvalue weighted by atomic mass is 10.3. The van der Waals surface area contributed by atoms with Crippen LogP contribution < -0.4 is 16.9 Å². The van der Waals surface area contributed by atoms with E-state index in [1.807, 2.05) is 6.92 Å². The number of rotatable bonds is 8. The molecule has 1 aliphatic rings. The zero-order chi connectivity index (χ0) is 14.1. The van der Waals surface area contributed by atoms with E-state index in [0.29, 0.717) is 32.3 Å². The van der Waals surface area contributed by atoms with Gasteiger partial charge in [-0.25, -0.2) is 10.6 Å². The quantitative estimate of drug-likeness (QED) is 0.236. The fraction of sp³-hybridized carbons (Fsp3) is 0.917. The fourth-order valence-corrected chi connectivity index (χ4v) is 2.04. The SMILES string of the molecule is CCCN(N)C(=O)NCCOCCN1CC[C@@H](N)C1. The Morgan fingerprint density at radius 2 is 2.32 bits per heavy atom. The zero-order valence-electron chi connectivity index (χ0n) is 11.8. The number of ether oxygens (including phenoxy) is 1. The summed E-state index contributed by atoms with van der Waals surface area (Å²) < 4.78 is 5.46. The normalized spacial score (nSPS) is 19.6. The number of amides is 2. The largest absolute Gasteiger partial charge is 0.378 e. The number of nitrogens with two attached hydrogens (primary N) is 2. The summed E-state index contributed by atoms with van der Waals surface area (Å²) in [5.41, 5.74) is 5.82. The highest BCUT2D eigenvalue weighted by molar-refractivity contribution is 5.73. The standard InChI is InChI=1S/C12H27N5O2/c1-2-5-17(14)12(18)15-4-8-19-9-7-16-6-3-11(13)10-16/h11H,2-10,13-14H2,1H3,(H,15,18)/t11-/m1/s1. The number of hydrazine groups is 1. The highest BCUT2D eigenvalue weighted by Gasteiger charge is 2.17. The number of likely N-dealkylation sites (tertiary alicyclic amines) is 1. The van der Waals surface area contributed by atoms with Crippen molar-refractivity contribution in [3.8, 4) is 0 Å². The van der Waals surface area contributed by atoms with Crippen molar-refractivity contribution in [2.24, 2.45) is 11.6 Å². The van der Waals surface area contributed by atoms with Crippen molar-refractivity contribution in [1.29, 1.82) is 0 Å². The summed E-state index contributed by atoms with van der Waals surface area (Å²) >= 11 is 0. The van der Waals surface area contributed by atoms with Crippen LogP contribution in [0.15, 0.2) is 0 Å². The maximum absolute atomic E-state index is 11.4. The Balaban J connectivity index is 1.92. The number of carbonyl (C=O) groups excluding carboxylic acids is 1. The number of hydrogen-bond donors (Lipinski definition) is 3. The van der Waals surface area contributed by atoms with Crippen LogP contribution in [-0.4, -0.2) is 67.9 Å². The summed E-state index contributed by atoms with van der Waals surface area (Å²) in [6.45, 7) is 7.10. The third kappa shape index (κ3) is 6.72. The van der Waals surface area contributed by atoms with Gasteiger partial charge in [0, 0.05) is 32.2 Å². The first-order valence-electron chi connectivity index (χ1n) is 6.99. The maximum Gasteiger partial charge on any atom is 0.331 e. The minimum atomic E-state index is -0.254. The van der Waals surface area contributed by atoms with Gasteiger partial charge < -0.3 is 15.8 Å². The van der Waals surface area contributed by atoms with E-state index in [-0.39, 0.29) is 6.03 Å². The lowest BCUT2D eigenvalue weighted by Crippen LogP contribution is -2.45. The Hall–Kier alpha value is -0.890. The number of nitrogens with one attached hydrogen (secondary N) is 1. The van der Waals surface area contributed by atoms with E-state index >= 15 is 0 Å². The fourth-order valence-electron chi connectivity index (χ4n) is 2.04. The van der Waals surface area contributed by atoms with Crippen LogP contribution in [-0.2, 0) is 4.74 Å². The molecule has 0 bridgehead atoms. The van der Waals surface area contributed by atoms with Crippen molar-refractivity contribution in [1.82, 2.24) is 15.2 Å². The van der Waals surface area contributed by atoms with Crippen molar-refractivity contribution in [2.45, 2.75) is 25.8 Å².